The van der Waals surface area contributed by atoms with E-state index < -0.39 is 78.8 Å². The average Bonchev–Trinajstić information content (AvgIpc) is 3.35. The number of aliphatic hydroxyl groups excluding tert-OH is 8. The summed E-state index contributed by atoms with van der Waals surface area (Å²) < 4.78 is 12.6. The normalized spacial score (nSPS) is 51.5. The third-order valence-electron chi connectivity index (χ3n) is 14.5. The summed E-state index contributed by atoms with van der Waals surface area (Å²) in [4.78, 5) is 0. The van der Waals surface area contributed by atoms with Gasteiger partial charge in [0.05, 0.1) is 30.5 Å². The van der Waals surface area contributed by atoms with E-state index in [1.165, 1.54) is 13.8 Å². The molecule has 0 spiro atoms. The molecule has 17 atom stereocenters. The number of allylic oxidation sites excluding steroid dienone is 1. The fraction of sp³-hybridized carbons (Fsp3) is 0.944. The second-order valence-corrected chi connectivity index (χ2v) is 17.8. The Morgan fingerprint density at radius 3 is 2.17 bits per heavy atom. The molecule has 11 nitrogen and oxygen atoms in total. The van der Waals surface area contributed by atoms with Crippen LogP contribution in [0.15, 0.2) is 11.6 Å². The highest BCUT2D eigenvalue weighted by Gasteiger charge is 2.72. The van der Waals surface area contributed by atoms with Gasteiger partial charge in [-0.25, -0.2) is 0 Å². The van der Waals surface area contributed by atoms with Gasteiger partial charge in [-0.2, -0.15) is 0 Å². The lowest BCUT2D eigenvalue weighted by Gasteiger charge is -2.72. The van der Waals surface area contributed by atoms with Gasteiger partial charge in [0.25, 0.3) is 0 Å². The van der Waals surface area contributed by atoms with Crippen molar-refractivity contribution in [1.82, 2.24) is 0 Å². The van der Waals surface area contributed by atoms with E-state index in [2.05, 4.69) is 20.8 Å². The molecule has 0 aromatic rings. The Balaban J connectivity index is 1.54. The van der Waals surface area contributed by atoms with Crippen molar-refractivity contribution in [2.45, 2.75) is 161 Å². The number of ether oxygens (including phenoxy) is 2. The summed E-state index contributed by atoms with van der Waals surface area (Å²) >= 11 is 0. The summed E-state index contributed by atoms with van der Waals surface area (Å²) in [5.74, 6) is -0.338. The van der Waals surface area contributed by atoms with Crippen molar-refractivity contribution in [3.05, 3.63) is 11.6 Å². The van der Waals surface area contributed by atoms with Crippen molar-refractivity contribution in [3.8, 4) is 0 Å². The zero-order valence-corrected chi connectivity index (χ0v) is 29.5. The zero-order valence-electron chi connectivity index (χ0n) is 29.5. The summed E-state index contributed by atoms with van der Waals surface area (Å²) in [6.07, 6.45) is -5.82. The standard InChI is InChI=1S/C36H62O11/c1-17(13-20(39)30(44)33(4,5)45)18-9-12-35(7)25(18)19(38)14-23-34(6)11-10-24(40)32(2,3)29(34)21(15-36(23,35)8)46-31-28(43)27(42)26(41)22(16-37)47-31/h13,18-31,37-45H,9-12,14-16H2,1-8H3. The lowest BCUT2D eigenvalue weighted by Crippen LogP contribution is -2.70. The molecule has 4 aliphatic carbocycles. The van der Waals surface area contributed by atoms with Crippen LogP contribution in [-0.2, 0) is 9.47 Å². The van der Waals surface area contributed by atoms with Gasteiger partial charge in [-0.05, 0) is 105 Å². The van der Waals surface area contributed by atoms with Crippen molar-refractivity contribution in [1.29, 1.82) is 0 Å². The van der Waals surface area contributed by atoms with Gasteiger partial charge in [-0.15, -0.1) is 0 Å². The molecule has 5 aliphatic rings. The number of aliphatic hydroxyl groups is 9. The van der Waals surface area contributed by atoms with Crippen LogP contribution >= 0.6 is 0 Å². The van der Waals surface area contributed by atoms with Crippen molar-refractivity contribution < 1.29 is 55.4 Å². The Bertz CT molecular complexity index is 1170. The lowest BCUT2D eigenvalue weighted by molar-refractivity contribution is -0.346. The molecule has 1 heterocycles. The van der Waals surface area contributed by atoms with Crippen LogP contribution in [-0.4, -0.2) is 119 Å². The maximum atomic E-state index is 12.1. The van der Waals surface area contributed by atoms with E-state index in [-0.39, 0.29) is 39.9 Å². The Morgan fingerprint density at radius 2 is 1.57 bits per heavy atom. The first-order valence-electron chi connectivity index (χ1n) is 17.6. The van der Waals surface area contributed by atoms with Crippen LogP contribution in [0.25, 0.3) is 0 Å². The largest absolute Gasteiger partial charge is 0.394 e. The number of hydrogen-bond acceptors (Lipinski definition) is 11. The molecule has 47 heavy (non-hydrogen) atoms. The van der Waals surface area contributed by atoms with Gasteiger partial charge in [0, 0.05) is 0 Å². The van der Waals surface area contributed by atoms with Crippen LogP contribution < -0.4 is 0 Å². The molecular formula is C36H62O11. The van der Waals surface area contributed by atoms with Crippen LogP contribution in [0.2, 0.25) is 0 Å². The third-order valence-corrected chi connectivity index (χ3v) is 14.5. The predicted molar refractivity (Wildman–Crippen MR) is 172 cm³/mol. The number of hydrogen-bond donors (Lipinski definition) is 9. The van der Waals surface area contributed by atoms with E-state index in [0.29, 0.717) is 25.7 Å². The third kappa shape index (κ3) is 5.77. The Labute approximate surface area is 279 Å². The molecule has 0 aromatic carbocycles. The van der Waals surface area contributed by atoms with Gasteiger partial charge >= 0.3 is 0 Å². The van der Waals surface area contributed by atoms with Crippen molar-refractivity contribution >= 4 is 0 Å². The van der Waals surface area contributed by atoms with Crippen LogP contribution in [0.4, 0.5) is 0 Å². The smallest absolute Gasteiger partial charge is 0.186 e. The summed E-state index contributed by atoms with van der Waals surface area (Å²) in [5, 5.41) is 96.9. The van der Waals surface area contributed by atoms with Crippen molar-refractivity contribution in [3.63, 3.8) is 0 Å². The van der Waals surface area contributed by atoms with E-state index in [1.54, 1.807) is 6.08 Å². The SMILES string of the molecule is CC(=CC(O)C(O)C(C)(C)O)C1CCC2(C)C1C(O)CC1C3(C)CCC(O)C(C)(C)C3C(OC3OC(CO)C(O)C(O)C3O)CC12C. The highest BCUT2D eigenvalue weighted by molar-refractivity contribution is 5.24. The van der Waals surface area contributed by atoms with E-state index in [4.69, 9.17) is 9.47 Å². The molecule has 0 aromatic heterocycles. The molecule has 5 rings (SSSR count). The van der Waals surface area contributed by atoms with Gasteiger partial charge < -0.3 is 55.4 Å². The fourth-order valence-electron chi connectivity index (χ4n) is 11.8. The second kappa shape index (κ2) is 12.5. The quantitative estimate of drug-likeness (QED) is 0.139. The first kappa shape index (κ1) is 37.6. The van der Waals surface area contributed by atoms with E-state index >= 15 is 0 Å². The van der Waals surface area contributed by atoms with Gasteiger partial charge in [0.15, 0.2) is 6.29 Å². The Morgan fingerprint density at radius 1 is 0.936 bits per heavy atom. The first-order chi connectivity index (χ1) is 21.6. The van der Waals surface area contributed by atoms with Crippen LogP contribution in [0.1, 0.15) is 93.9 Å². The average molecular weight is 671 g/mol. The molecule has 272 valence electrons. The van der Waals surface area contributed by atoms with Crippen molar-refractivity contribution in [2.24, 2.45) is 45.3 Å². The minimum atomic E-state index is -1.57. The highest BCUT2D eigenvalue weighted by atomic mass is 16.7. The lowest BCUT2D eigenvalue weighted by atomic mass is 9.34. The molecule has 0 radical (unpaired) electrons. The van der Waals surface area contributed by atoms with E-state index in [1.807, 2.05) is 20.8 Å². The molecule has 0 amide bonds. The van der Waals surface area contributed by atoms with Crippen LogP contribution in [0.5, 0.6) is 0 Å². The molecule has 0 bridgehead atoms. The predicted octanol–water partition coefficient (Wildman–Crippen LogP) is 1.24. The van der Waals surface area contributed by atoms with Crippen LogP contribution in [0, 0.1) is 45.3 Å². The van der Waals surface area contributed by atoms with E-state index in [0.717, 1.165) is 18.4 Å². The molecule has 11 heteroatoms. The Hall–Kier alpha value is -0.700. The molecule has 1 aliphatic heterocycles. The molecule has 5 fully saturated rings. The fourth-order valence-corrected chi connectivity index (χ4v) is 11.8. The Kier molecular flexibility index (Phi) is 10.00. The molecule has 17 unspecified atom stereocenters. The number of fused-ring (bicyclic) bond motifs is 5. The topological polar surface area (TPSA) is 201 Å². The summed E-state index contributed by atoms with van der Waals surface area (Å²) in [5.41, 5.74) is -2.34. The monoisotopic (exact) mass is 670 g/mol. The van der Waals surface area contributed by atoms with Gasteiger partial charge in [0.2, 0.25) is 0 Å². The van der Waals surface area contributed by atoms with Gasteiger partial charge in [-0.1, -0.05) is 46.3 Å². The second-order valence-electron chi connectivity index (χ2n) is 17.8. The zero-order chi connectivity index (χ0) is 35.2. The minimum absolute atomic E-state index is 0.0589. The number of rotatable bonds is 7. The minimum Gasteiger partial charge on any atom is -0.394 e. The van der Waals surface area contributed by atoms with Crippen molar-refractivity contribution in [2.75, 3.05) is 6.61 Å². The van der Waals surface area contributed by atoms with Gasteiger partial charge in [0.1, 0.15) is 36.6 Å². The van der Waals surface area contributed by atoms with E-state index in [9.17, 15) is 46.0 Å². The maximum absolute atomic E-state index is 12.1. The summed E-state index contributed by atoms with van der Waals surface area (Å²) in [6.45, 7) is 15.1. The summed E-state index contributed by atoms with van der Waals surface area (Å²) in [7, 11) is 0. The molecule has 9 N–H and O–H groups in total. The van der Waals surface area contributed by atoms with Gasteiger partial charge in [-0.3, -0.25) is 0 Å². The molecule has 1 saturated heterocycles. The maximum Gasteiger partial charge on any atom is 0.186 e. The first-order valence-corrected chi connectivity index (χ1v) is 17.6. The van der Waals surface area contributed by atoms with Crippen LogP contribution in [0.3, 0.4) is 0 Å². The summed E-state index contributed by atoms with van der Waals surface area (Å²) in [6, 6.07) is 0. The molecule has 4 saturated carbocycles. The highest BCUT2D eigenvalue weighted by Crippen LogP contribution is 2.76. The molecular weight excluding hydrogens is 608 g/mol.